The molecule has 0 aliphatic rings. The Labute approximate surface area is 117 Å². The summed E-state index contributed by atoms with van der Waals surface area (Å²) in [5.74, 6) is -1.34. The first-order valence-electron chi connectivity index (χ1n) is 5.96. The summed E-state index contributed by atoms with van der Waals surface area (Å²) in [4.78, 5) is 14.9. The van der Waals surface area contributed by atoms with Crippen molar-refractivity contribution in [1.29, 1.82) is 0 Å². The maximum atomic E-state index is 12.5. The molecule has 0 fully saturated rings. The number of halogens is 3. The maximum Gasteiger partial charge on any atom is 0.468 e. The Morgan fingerprint density at radius 2 is 2.19 bits per heavy atom. The zero-order valence-electron chi connectivity index (χ0n) is 10.9. The van der Waals surface area contributed by atoms with E-state index in [-0.39, 0.29) is 23.4 Å². The Hall–Kier alpha value is -2.29. The Bertz CT molecular complexity index is 654. The molecule has 1 atom stereocenters. The molecule has 2 rings (SSSR count). The van der Waals surface area contributed by atoms with E-state index in [1.54, 1.807) is 6.92 Å². The van der Waals surface area contributed by atoms with Gasteiger partial charge in [-0.15, -0.1) is 0 Å². The molecule has 6 nitrogen and oxygen atoms in total. The van der Waals surface area contributed by atoms with E-state index < -0.39 is 24.1 Å². The molecule has 114 valence electrons. The predicted molar refractivity (Wildman–Crippen MR) is 67.7 cm³/mol. The van der Waals surface area contributed by atoms with Crippen LogP contribution in [-0.4, -0.2) is 28.8 Å². The minimum Gasteiger partial charge on any atom is -0.433 e. The standard InChI is InChI=1S/C12H12F3N3O3/c1-6(5-19)16-11(20)17-7-2-3-9-8(4-7)18-10(21-9)12(13,14)15/h2-4,6,19H,5H2,1H3,(H2,16,17,20)/t6-/m0/s1. The number of carbonyl (C=O) groups is 1. The number of aliphatic hydroxyl groups is 1. The molecule has 0 unspecified atom stereocenters. The van der Waals surface area contributed by atoms with Gasteiger partial charge in [-0.1, -0.05) is 0 Å². The molecule has 3 N–H and O–H groups in total. The summed E-state index contributed by atoms with van der Waals surface area (Å²) in [7, 11) is 0. The summed E-state index contributed by atoms with van der Waals surface area (Å²) >= 11 is 0. The minimum absolute atomic E-state index is 0.0182. The number of carbonyl (C=O) groups excluding carboxylic acids is 1. The lowest BCUT2D eigenvalue weighted by Gasteiger charge is -2.11. The number of alkyl halides is 3. The van der Waals surface area contributed by atoms with E-state index in [0.717, 1.165) is 0 Å². The molecule has 0 spiro atoms. The van der Waals surface area contributed by atoms with Gasteiger partial charge in [-0.25, -0.2) is 9.78 Å². The lowest BCUT2D eigenvalue weighted by molar-refractivity contribution is -0.156. The maximum absolute atomic E-state index is 12.5. The van der Waals surface area contributed by atoms with Crippen molar-refractivity contribution in [2.75, 3.05) is 11.9 Å². The van der Waals surface area contributed by atoms with Gasteiger partial charge in [0.15, 0.2) is 5.58 Å². The molecule has 0 radical (unpaired) electrons. The van der Waals surface area contributed by atoms with Gasteiger partial charge in [-0.05, 0) is 25.1 Å². The normalized spacial score (nSPS) is 13.2. The molecule has 1 aromatic carbocycles. The molecule has 9 heteroatoms. The Kier molecular flexibility index (Phi) is 4.03. The largest absolute Gasteiger partial charge is 0.468 e. The number of aromatic nitrogens is 1. The molecular formula is C12H12F3N3O3. The zero-order valence-corrected chi connectivity index (χ0v) is 10.9. The van der Waals surface area contributed by atoms with Crippen molar-refractivity contribution in [1.82, 2.24) is 10.3 Å². The SMILES string of the molecule is C[C@@H](CO)NC(=O)Nc1ccc2oc(C(F)(F)F)nc2c1. The fraction of sp³-hybridized carbons (Fsp3) is 0.333. The van der Waals surface area contributed by atoms with Crippen LogP contribution in [0, 0.1) is 0 Å². The first-order chi connectivity index (χ1) is 9.79. The van der Waals surface area contributed by atoms with Crippen LogP contribution in [0.15, 0.2) is 22.6 Å². The average Bonchev–Trinajstić information content (AvgIpc) is 2.81. The minimum atomic E-state index is -4.67. The van der Waals surface area contributed by atoms with Crippen LogP contribution >= 0.6 is 0 Å². The van der Waals surface area contributed by atoms with E-state index in [1.807, 2.05) is 0 Å². The number of urea groups is 1. The van der Waals surface area contributed by atoms with Gasteiger partial charge in [-0.3, -0.25) is 0 Å². The fourth-order valence-electron chi connectivity index (χ4n) is 1.56. The van der Waals surface area contributed by atoms with Crippen molar-refractivity contribution in [3.63, 3.8) is 0 Å². The quantitative estimate of drug-likeness (QED) is 0.812. The van der Waals surface area contributed by atoms with Gasteiger partial charge in [0, 0.05) is 5.69 Å². The van der Waals surface area contributed by atoms with Crippen molar-refractivity contribution in [2.24, 2.45) is 0 Å². The van der Waals surface area contributed by atoms with Gasteiger partial charge < -0.3 is 20.2 Å². The number of anilines is 1. The summed E-state index contributed by atoms with van der Waals surface area (Å²) in [6, 6.07) is 2.89. The van der Waals surface area contributed by atoms with E-state index in [0.29, 0.717) is 0 Å². The van der Waals surface area contributed by atoms with Crippen LogP contribution in [0.2, 0.25) is 0 Å². The molecule has 21 heavy (non-hydrogen) atoms. The first kappa shape index (κ1) is 15.1. The van der Waals surface area contributed by atoms with Gasteiger partial charge in [0.25, 0.3) is 0 Å². The Balaban J connectivity index is 2.17. The van der Waals surface area contributed by atoms with Crippen LogP contribution in [0.1, 0.15) is 12.8 Å². The number of benzene rings is 1. The zero-order chi connectivity index (χ0) is 15.6. The number of oxazole rings is 1. The molecule has 0 bridgehead atoms. The van der Waals surface area contributed by atoms with E-state index >= 15 is 0 Å². The predicted octanol–water partition coefficient (Wildman–Crippen LogP) is 2.35. The fourth-order valence-corrected chi connectivity index (χ4v) is 1.56. The highest BCUT2D eigenvalue weighted by Gasteiger charge is 2.37. The molecule has 0 aliphatic carbocycles. The lowest BCUT2D eigenvalue weighted by Crippen LogP contribution is -2.38. The second kappa shape index (κ2) is 5.60. The Morgan fingerprint density at radius 3 is 2.81 bits per heavy atom. The van der Waals surface area contributed by atoms with Crippen LogP contribution in [0.3, 0.4) is 0 Å². The average molecular weight is 303 g/mol. The second-order valence-electron chi connectivity index (χ2n) is 4.38. The van der Waals surface area contributed by atoms with Crippen molar-refractivity contribution >= 4 is 22.8 Å². The summed E-state index contributed by atoms with van der Waals surface area (Å²) in [5, 5.41) is 13.7. The Morgan fingerprint density at radius 1 is 1.48 bits per heavy atom. The van der Waals surface area contributed by atoms with Crippen LogP contribution < -0.4 is 10.6 Å². The number of hydrogen-bond donors (Lipinski definition) is 3. The highest BCUT2D eigenvalue weighted by molar-refractivity contribution is 5.91. The number of aliphatic hydroxyl groups excluding tert-OH is 1. The van der Waals surface area contributed by atoms with Crippen molar-refractivity contribution in [3.8, 4) is 0 Å². The molecule has 1 aromatic heterocycles. The number of hydrogen-bond acceptors (Lipinski definition) is 4. The van der Waals surface area contributed by atoms with E-state index in [1.165, 1.54) is 18.2 Å². The smallest absolute Gasteiger partial charge is 0.433 e. The number of rotatable bonds is 3. The molecule has 2 aromatic rings. The topological polar surface area (TPSA) is 87.4 Å². The summed E-state index contributed by atoms with van der Waals surface area (Å²) in [6.45, 7) is 1.36. The molecule has 0 saturated heterocycles. The highest BCUT2D eigenvalue weighted by Crippen LogP contribution is 2.31. The third kappa shape index (κ3) is 3.63. The van der Waals surface area contributed by atoms with Crippen LogP contribution in [0.4, 0.5) is 23.7 Å². The molecule has 0 saturated carbocycles. The van der Waals surface area contributed by atoms with Gasteiger partial charge in [-0.2, -0.15) is 13.2 Å². The van der Waals surface area contributed by atoms with Crippen molar-refractivity contribution in [3.05, 3.63) is 24.1 Å². The monoisotopic (exact) mass is 303 g/mol. The number of amides is 2. The van der Waals surface area contributed by atoms with E-state index in [2.05, 4.69) is 20.0 Å². The number of nitrogens with one attached hydrogen (secondary N) is 2. The number of fused-ring (bicyclic) bond motifs is 1. The van der Waals surface area contributed by atoms with Crippen LogP contribution in [0.5, 0.6) is 0 Å². The van der Waals surface area contributed by atoms with Gasteiger partial charge in [0.1, 0.15) is 5.52 Å². The third-order valence-electron chi connectivity index (χ3n) is 2.54. The first-order valence-corrected chi connectivity index (χ1v) is 5.96. The number of nitrogens with zero attached hydrogens (tertiary/aromatic N) is 1. The van der Waals surface area contributed by atoms with Crippen LogP contribution in [0.25, 0.3) is 11.1 Å². The molecule has 0 aliphatic heterocycles. The highest BCUT2D eigenvalue weighted by atomic mass is 19.4. The van der Waals surface area contributed by atoms with Crippen LogP contribution in [-0.2, 0) is 6.18 Å². The van der Waals surface area contributed by atoms with E-state index in [9.17, 15) is 18.0 Å². The lowest BCUT2D eigenvalue weighted by atomic mass is 10.3. The second-order valence-corrected chi connectivity index (χ2v) is 4.38. The summed E-state index contributed by atoms with van der Waals surface area (Å²) in [6.07, 6.45) is -4.67. The summed E-state index contributed by atoms with van der Waals surface area (Å²) < 4.78 is 42.0. The van der Waals surface area contributed by atoms with E-state index in [4.69, 9.17) is 5.11 Å². The van der Waals surface area contributed by atoms with Crippen molar-refractivity contribution < 1.29 is 27.5 Å². The summed E-state index contributed by atoms with van der Waals surface area (Å²) in [5.41, 5.74) is 0.208. The van der Waals surface area contributed by atoms with Gasteiger partial charge >= 0.3 is 18.1 Å². The van der Waals surface area contributed by atoms with Crippen molar-refractivity contribution in [2.45, 2.75) is 19.1 Å². The van der Waals surface area contributed by atoms with Gasteiger partial charge in [0.2, 0.25) is 0 Å². The molecule has 1 heterocycles. The third-order valence-corrected chi connectivity index (χ3v) is 2.54. The molecule has 2 amide bonds. The van der Waals surface area contributed by atoms with Gasteiger partial charge in [0.05, 0.1) is 12.6 Å². The molecular weight excluding hydrogens is 291 g/mol.